The van der Waals surface area contributed by atoms with Gasteiger partial charge < -0.3 is 9.94 Å². The van der Waals surface area contributed by atoms with Gasteiger partial charge in [-0.15, -0.1) is 21.6 Å². The molecule has 0 unspecified atom stereocenters. The maximum absolute atomic E-state index is 12.0. The van der Waals surface area contributed by atoms with Gasteiger partial charge in [0.1, 0.15) is 0 Å². The Morgan fingerprint density at radius 1 is 1.25 bits per heavy atom. The number of fused-ring (bicyclic) bond motifs is 1. The van der Waals surface area contributed by atoms with Crippen molar-refractivity contribution >= 4 is 39.5 Å². The van der Waals surface area contributed by atoms with Gasteiger partial charge in [0.2, 0.25) is 5.88 Å². The normalized spacial score (nSPS) is 12.4. The van der Waals surface area contributed by atoms with Crippen molar-refractivity contribution in [3.8, 4) is 5.88 Å². The van der Waals surface area contributed by atoms with Gasteiger partial charge >= 0.3 is 5.91 Å². The molecular weight excluding hydrogens is 378 g/mol. The minimum Gasteiger partial charge on any atom is -0.493 e. The number of oxime groups is 1. The second-order valence-corrected chi connectivity index (χ2v) is 7.31. The van der Waals surface area contributed by atoms with E-state index in [1.807, 2.05) is 60.8 Å². The molecule has 1 N–H and O–H groups in total. The third-order valence-corrected chi connectivity index (χ3v) is 4.85. The molecule has 3 aromatic rings. The van der Waals surface area contributed by atoms with Crippen molar-refractivity contribution in [2.45, 2.75) is 13.6 Å². The summed E-state index contributed by atoms with van der Waals surface area (Å²) in [5.41, 5.74) is 1.75. The van der Waals surface area contributed by atoms with Crippen LogP contribution in [0.4, 0.5) is 5.69 Å². The van der Waals surface area contributed by atoms with E-state index in [4.69, 9.17) is 4.84 Å². The molecule has 0 bridgehead atoms. The molecule has 0 saturated carbocycles. The van der Waals surface area contributed by atoms with E-state index in [2.05, 4.69) is 15.4 Å². The molecule has 3 rings (SSSR count). The van der Waals surface area contributed by atoms with Crippen LogP contribution in [0.1, 0.15) is 11.8 Å². The number of rotatable bonds is 7. The van der Waals surface area contributed by atoms with E-state index < -0.39 is 5.91 Å². The number of benzene rings is 1. The minimum atomic E-state index is -0.591. The molecule has 0 spiro atoms. The summed E-state index contributed by atoms with van der Waals surface area (Å²) >= 11 is 1.54. The van der Waals surface area contributed by atoms with Crippen molar-refractivity contribution in [1.29, 1.82) is 0 Å². The molecule has 0 atom stereocenters. The van der Waals surface area contributed by atoms with Gasteiger partial charge in [-0.05, 0) is 38.5 Å². The van der Waals surface area contributed by atoms with E-state index in [1.54, 1.807) is 11.5 Å². The molecule has 0 saturated heterocycles. The van der Waals surface area contributed by atoms with Crippen molar-refractivity contribution in [2.24, 2.45) is 15.4 Å². The van der Waals surface area contributed by atoms with Crippen LogP contribution < -0.4 is 0 Å². The van der Waals surface area contributed by atoms with Crippen LogP contribution in [0.5, 0.6) is 5.88 Å². The molecule has 1 amide bonds. The zero-order chi connectivity index (χ0) is 20.1. The summed E-state index contributed by atoms with van der Waals surface area (Å²) < 4.78 is 1.71. The zero-order valence-electron chi connectivity index (χ0n) is 15.9. The Bertz CT molecular complexity index is 1020. The summed E-state index contributed by atoms with van der Waals surface area (Å²) in [6.45, 7) is 1.94. The Hall–Kier alpha value is -3.04. The van der Waals surface area contributed by atoms with Crippen molar-refractivity contribution in [2.75, 3.05) is 20.7 Å². The Morgan fingerprint density at radius 2 is 2.04 bits per heavy atom. The number of azo groups is 1. The Labute approximate surface area is 166 Å². The average Bonchev–Trinajstić information content (AvgIpc) is 3.28. The van der Waals surface area contributed by atoms with Gasteiger partial charge in [-0.25, -0.2) is 0 Å². The van der Waals surface area contributed by atoms with E-state index in [0.717, 1.165) is 10.4 Å². The van der Waals surface area contributed by atoms with E-state index >= 15 is 0 Å². The maximum Gasteiger partial charge on any atom is 0.304 e. The molecule has 1 aromatic carbocycles. The highest BCUT2D eigenvalue weighted by molar-refractivity contribution is 7.12. The predicted molar refractivity (Wildman–Crippen MR) is 109 cm³/mol. The number of hydrogen-bond acceptors (Lipinski definition) is 7. The Kier molecular flexibility index (Phi) is 6.17. The first kappa shape index (κ1) is 19.7. The first-order chi connectivity index (χ1) is 13.5. The van der Waals surface area contributed by atoms with Crippen LogP contribution in [0, 0.1) is 0 Å². The van der Waals surface area contributed by atoms with Crippen molar-refractivity contribution < 1.29 is 14.7 Å². The SMILES string of the molecule is C/C(=N\OCC(=O)N=Nc1c(O)n(CN(C)C)c2ccccc12)c1cccs1. The molecule has 0 fully saturated rings. The van der Waals surface area contributed by atoms with Crippen molar-refractivity contribution in [1.82, 2.24) is 9.47 Å². The summed E-state index contributed by atoms with van der Waals surface area (Å²) in [6, 6.07) is 11.3. The quantitative estimate of drug-likeness (QED) is 0.369. The van der Waals surface area contributed by atoms with Gasteiger partial charge in [0.15, 0.2) is 12.3 Å². The monoisotopic (exact) mass is 399 g/mol. The molecule has 0 radical (unpaired) electrons. The van der Waals surface area contributed by atoms with Crippen LogP contribution in [0.3, 0.4) is 0 Å². The van der Waals surface area contributed by atoms with Gasteiger partial charge in [-0.1, -0.05) is 29.4 Å². The average molecular weight is 399 g/mol. The number of para-hydroxylation sites is 1. The van der Waals surface area contributed by atoms with Gasteiger partial charge in [0, 0.05) is 5.39 Å². The number of aromatic nitrogens is 1. The standard InChI is InChI=1S/C19H21N5O3S/c1-13(16-9-6-10-28-16)22-27-11-17(25)20-21-18-14-7-4-5-8-15(14)24(19(18)26)12-23(2)3/h4-10,26H,11-12H2,1-3H3/b21-20?,22-13+. The molecule has 0 aliphatic rings. The summed E-state index contributed by atoms with van der Waals surface area (Å²) in [6.07, 6.45) is 0. The van der Waals surface area contributed by atoms with Crippen LogP contribution in [0.15, 0.2) is 57.2 Å². The van der Waals surface area contributed by atoms with Gasteiger partial charge in [0.05, 0.1) is 22.8 Å². The summed E-state index contributed by atoms with van der Waals surface area (Å²) in [5.74, 6) is -0.634. The third-order valence-electron chi connectivity index (χ3n) is 3.87. The fourth-order valence-corrected chi connectivity index (χ4v) is 3.31. The number of thiophene rings is 1. The lowest BCUT2D eigenvalue weighted by atomic mass is 10.2. The van der Waals surface area contributed by atoms with Crippen LogP contribution in [-0.2, 0) is 16.3 Å². The van der Waals surface area contributed by atoms with E-state index in [1.165, 1.54) is 11.3 Å². The Morgan fingerprint density at radius 3 is 2.75 bits per heavy atom. The van der Waals surface area contributed by atoms with Gasteiger partial charge in [-0.3, -0.25) is 14.3 Å². The van der Waals surface area contributed by atoms with E-state index in [-0.39, 0.29) is 18.2 Å². The Balaban J connectivity index is 1.73. The molecule has 0 aliphatic heterocycles. The van der Waals surface area contributed by atoms with Crippen molar-refractivity contribution in [3.05, 3.63) is 46.7 Å². The number of hydrogen-bond donors (Lipinski definition) is 1. The second kappa shape index (κ2) is 8.77. The summed E-state index contributed by atoms with van der Waals surface area (Å²) in [7, 11) is 3.80. The highest BCUT2D eigenvalue weighted by Gasteiger charge is 2.17. The number of nitrogens with zero attached hydrogens (tertiary/aromatic N) is 5. The lowest BCUT2D eigenvalue weighted by Gasteiger charge is -2.12. The minimum absolute atomic E-state index is 0.0427. The molecular formula is C19H21N5O3S. The summed E-state index contributed by atoms with van der Waals surface area (Å²) in [5, 5.41) is 24.7. The molecule has 2 heterocycles. The highest BCUT2D eigenvalue weighted by atomic mass is 32.1. The fourth-order valence-electron chi connectivity index (χ4n) is 2.64. The molecule has 0 aliphatic carbocycles. The largest absolute Gasteiger partial charge is 0.493 e. The fraction of sp³-hybridized carbons (Fsp3) is 0.263. The smallest absolute Gasteiger partial charge is 0.304 e. The van der Waals surface area contributed by atoms with E-state index in [0.29, 0.717) is 17.8 Å². The number of carbonyl (C=O) groups excluding carboxylic acids is 1. The van der Waals surface area contributed by atoms with Crippen LogP contribution in [0.2, 0.25) is 0 Å². The lowest BCUT2D eigenvalue weighted by Crippen LogP contribution is -2.16. The first-order valence-corrected chi connectivity index (χ1v) is 9.45. The number of carbonyl (C=O) groups is 1. The third kappa shape index (κ3) is 4.44. The second-order valence-electron chi connectivity index (χ2n) is 6.36. The molecule has 9 heteroatoms. The summed E-state index contributed by atoms with van der Waals surface area (Å²) in [4.78, 5) is 19.9. The van der Waals surface area contributed by atoms with Gasteiger partial charge in [0.25, 0.3) is 0 Å². The lowest BCUT2D eigenvalue weighted by molar-refractivity contribution is -0.122. The van der Waals surface area contributed by atoms with Crippen LogP contribution >= 0.6 is 11.3 Å². The maximum atomic E-state index is 12.0. The predicted octanol–water partition coefficient (Wildman–Crippen LogP) is 3.98. The molecule has 28 heavy (non-hydrogen) atoms. The zero-order valence-corrected chi connectivity index (χ0v) is 16.7. The van der Waals surface area contributed by atoms with Crippen LogP contribution in [0.25, 0.3) is 10.9 Å². The van der Waals surface area contributed by atoms with E-state index in [9.17, 15) is 9.90 Å². The van der Waals surface area contributed by atoms with Crippen molar-refractivity contribution in [3.63, 3.8) is 0 Å². The van der Waals surface area contributed by atoms with Gasteiger partial charge in [-0.2, -0.15) is 0 Å². The van der Waals surface area contributed by atoms with Crippen LogP contribution in [-0.4, -0.2) is 46.9 Å². The molecule has 146 valence electrons. The number of aromatic hydroxyl groups is 1. The number of amides is 1. The highest BCUT2D eigenvalue weighted by Crippen LogP contribution is 2.38. The molecule has 8 nitrogen and oxygen atoms in total. The topological polar surface area (TPSA) is 91.8 Å². The first-order valence-electron chi connectivity index (χ1n) is 8.57. The molecule has 2 aromatic heterocycles.